The van der Waals surface area contributed by atoms with Crippen LogP contribution in [0.4, 0.5) is 0 Å². The van der Waals surface area contributed by atoms with Crippen LogP contribution in [0.25, 0.3) is 0 Å². The van der Waals surface area contributed by atoms with E-state index in [1.165, 1.54) is 0 Å². The summed E-state index contributed by atoms with van der Waals surface area (Å²) in [5.41, 5.74) is 23.6. The van der Waals surface area contributed by atoms with Gasteiger partial charge in [-0.3, -0.25) is 0 Å². The highest BCUT2D eigenvalue weighted by Gasteiger charge is 2.51. The van der Waals surface area contributed by atoms with Gasteiger partial charge >= 0.3 is 0 Å². The van der Waals surface area contributed by atoms with Crippen molar-refractivity contribution >= 4 is 0 Å². The van der Waals surface area contributed by atoms with Gasteiger partial charge in [-0.15, -0.1) is 0 Å². The van der Waals surface area contributed by atoms with E-state index in [9.17, 15) is 30.6 Å². The summed E-state index contributed by atoms with van der Waals surface area (Å²) < 4.78 is 22.2. The van der Waals surface area contributed by atoms with Crippen molar-refractivity contribution in [3.8, 4) is 0 Å². The van der Waals surface area contributed by atoms with Crippen molar-refractivity contribution in [2.24, 2.45) is 22.9 Å². The summed E-state index contributed by atoms with van der Waals surface area (Å²) in [6.07, 6.45) is -13.6. The minimum absolute atomic E-state index is 0.0505. The first-order valence-corrected chi connectivity index (χ1v) is 10.2. The third-order valence-corrected chi connectivity index (χ3v) is 6.12. The van der Waals surface area contributed by atoms with Crippen LogP contribution in [0.1, 0.15) is 6.42 Å². The van der Waals surface area contributed by atoms with Gasteiger partial charge in [-0.2, -0.15) is 0 Å². The van der Waals surface area contributed by atoms with E-state index in [0.29, 0.717) is 0 Å². The van der Waals surface area contributed by atoms with Crippen molar-refractivity contribution < 1.29 is 49.6 Å². The average molecular weight is 454 g/mol. The lowest BCUT2D eigenvalue weighted by molar-refractivity contribution is -0.301. The second-order valence-electron chi connectivity index (χ2n) is 8.30. The van der Waals surface area contributed by atoms with Crippen molar-refractivity contribution in [2.75, 3.05) is 13.2 Å². The Kier molecular flexibility index (Phi) is 8.21. The summed E-state index contributed by atoms with van der Waals surface area (Å²) in [6.45, 7) is -0.646. The molecule has 0 aromatic rings. The standard InChI is InChI=1S/C17H34N4O10/c18-2-6-9(23)12(26)17(28-6)31-15-5(20)1-4(19)14(13(15)27)30-16-8(21)11(25)10(24)7(3-22)29-16/h4-17,22-27H,1-3,18-21H2/t4?,5-,6-,7?,8?,9+,10-,11-,12?,13+,14-,15?,16-,17+/m1/s1. The Morgan fingerprint density at radius 3 is 1.74 bits per heavy atom. The van der Waals surface area contributed by atoms with Crippen molar-refractivity contribution in [3.63, 3.8) is 0 Å². The van der Waals surface area contributed by atoms with Crippen LogP contribution in [0.2, 0.25) is 0 Å². The molecule has 3 rings (SSSR count). The van der Waals surface area contributed by atoms with E-state index in [2.05, 4.69) is 0 Å². The largest absolute Gasteiger partial charge is 0.394 e. The van der Waals surface area contributed by atoms with Gasteiger partial charge in [0, 0.05) is 18.6 Å². The maximum absolute atomic E-state index is 10.9. The number of aliphatic hydroxyl groups is 6. The molecule has 0 amide bonds. The smallest absolute Gasteiger partial charge is 0.187 e. The quantitative estimate of drug-likeness (QED) is 0.179. The number of ether oxygens (including phenoxy) is 4. The van der Waals surface area contributed by atoms with Crippen LogP contribution < -0.4 is 22.9 Å². The summed E-state index contributed by atoms with van der Waals surface area (Å²) in [5, 5.41) is 60.3. The monoisotopic (exact) mass is 454 g/mol. The number of nitrogens with two attached hydrogens (primary N) is 4. The lowest BCUT2D eigenvalue weighted by Crippen LogP contribution is -2.67. The maximum atomic E-state index is 10.9. The van der Waals surface area contributed by atoms with Gasteiger partial charge in [0.25, 0.3) is 0 Å². The molecule has 182 valence electrons. The molecule has 2 heterocycles. The molecule has 0 aromatic carbocycles. The lowest BCUT2D eigenvalue weighted by Gasteiger charge is -2.46. The highest BCUT2D eigenvalue weighted by Crippen LogP contribution is 2.31. The van der Waals surface area contributed by atoms with Crippen LogP contribution in [0.5, 0.6) is 0 Å². The average Bonchev–Trinajstić information content (AvgIpc) is 3.01. The third kappa shape index (κ3) is 4.87. The fourth-order valence-corrected chi connectivity index (χ4v) is 4.20. The molecule has 3 aliphatic rings. The van der Waals surface area contributed by atoms with E-state index < -0.39 is 92.2 Å². The molecule has 1 saturated carbocycles. The number of hydrogen-bond acceptors (Lipinski definition) is 14. The predicted octanol–water partition coefficient (Wildman–Crippen LogP) is -6.65. The van der Waals surface area contributed by atoms with Gasteiger partial charge in [0.05, 0.1) is 12.6 Å². The molecule has 0 spiro atoms. The zero-order valence-electron chi connectivity index (χ0n) is 16.8. The summed E-state index contributed by atoms with van der Waals surface area (Å²) >= 11 is 0. The van der Waals surface area contributed by atoms with Crippen molar-refractivity contribution in [1.82, 2.24) is 0 Å². The molecule has 14 nitrogen and oxygen atoms in total. The maximum Gasteiger partial charge on any atom is 0.187 e. The molecule has 5 unspecified atom stereocenters. The van der Waals surface area contributed by atoms with Gasteiger partial charge in [-0.25, -0.2) is 0 Å². The Morgan fingerprint density at radius 1 is 0.710 bits per heavy atom. The zero-order chi connectivity index (χ0) is 23.0. The normalized spacial score (nSPS) is 53.6. The minimum Gasteiger partial charge on any atom is -0.394 e. The molecular weight excluding hydrogens is 420 g/mol. The second kappa shape index (κ2) is 10.1. The molecule has 14 heteroatoms. The summed E-state index contributed by atoms with van der Waals surface area (Å²) in [6, 6.07) is -2.71. The molecule has 14 N–H and O–H groups in total. The van der Waals surface area contributed by atoms with Gasteiger partial charge in [-0.05, 0) is 6.42 Å². The molecule has 14 atom stereocenters. The van der Waals surface area contributed by atoms with Gasteiger partial charge in [-0.1, -0.05) is 0 Å². The molecule has 3 fully saturated rings. The summed E-state index contributed by atoms with van der Waals surface area (Å²) in [5.74, 6) is 0. The topological polar surface area (TPSA) is 262 Å². The molecule has 2 saturated heterocycles. The van der Waals surface area contributed by atoms with Crippen molar-refractivity contribution in [1.29, 1.82) is 0 Å². The van der Waals surface area contributed by atoms with E-state index in [1.807, 2.05) is 0 Å². The van der Waals surface area contributed by atoms with E-state index in [1.54, 1.807) is 0 Å². The Hall–Kier alpha value is -0.560. The van der Waals surface area contributed by atoms with Crippen LogP contribution in [0.15, 0.2) is 0 Å². The molecule has 31 heavy (non-hydrogen) atoms. The predicted molar refractivity (Wildman–Crippen MR) is 102 cm³/mol. The Labute approximate surface area is 178 Å². The Morgan fingerprint density at radius 2 is 1.23 bits per heavy atom. The first kappa shape index (κ1) is 25.1. The van der Waals surface area contributed by atoms with Gasteiger partial charge < -0.3 is 72.5 Å². The van der Waals surface area contributed by atoms with Crippen LogP contribution in [-0.4, -0.2) is 129 Å². The molecule has 2 aliphatic heterocycles. The summed E-state index contributed by atoms with van der Waals surface area (Å²) in [4.78, 5) is 0. The number of hydrogen-bond donors (Lipinski definition) is 10. The molecule has 1 aliphatic carbocycles. The fourth-order valence-electron chi connectivity index (χ4n) is 4.20. The Balaban J connectivity index is 1.70. The van der Waals surface area contributed by atoms with Crippen molar-refractivity contribution in [2.45, 2.75) is 92.1 Å². The zero-order valence-corrected chi connectivity index (χ0v) is 16.8. The first-order valence-electron chi connectivity index (χ1n) is 10.2. The SMILES string of the molecule is NC[C@H]1O[C@@H](OC2[C@H](N)CC(N)[C@@H](O[C@H]3OC(CO)[C@@H](O)[C@H](O)C3N)[C@@H]2O)C(O)[C@H]1O. The van der Waals surface area contributed by atoms with Gasteiger partial charge in [0.15, 0.2) is 12.6 Å². The van der Waals surface area contributed by atoms with Crippen LogP contribution in [0.3, 0.4) is 0 Å². The molecule has 0 radical (unpaired) electrons. The van der Waals surface area contributed by atoms with Crippen LogP contribution in [0, 0.1) is 0 Å². The second-order valence-corrected chi connectivity index (χ2v) is 8.30. The van der Waals surface area contributed by atoms with Crippen molar-refractivity contribution in [3.05, 3.63) is 0 Å². The van der Waals surface area contributed by atoms with Crippen LogP contribution >= 0.6 is 0 Å². The number of rotatable bonds is 6. The van der Waals surface area contributed by atoms with Gasteiger partial charge in [0.2, 0.25) is 0 Å². The summed E-state index contributed by atoms with van der Waals surface area (Å²) in [7, 11) is 0. The molecule has 0 aromatic heterocycles. The fraction of sp³-hybridized carbons (Fsp3) is 1.00. The Bertz CT molecular complexity index is 591. The van der Waals surface area contributed by atoms with E-state index in [4.69, 9.17) is 41.9 Å². The third-order valence-electron chi connectivity index (χ3n) is 6.12. The lowest BCUT2D eigenvalue weighted by atomic mass is 9.84. The first-order chi connectivity index (χ1) is 14.6. The minimum atomic E-state index is -1.45. The highest BCUT2D eigenvalue weighted by molar-refractivity contribution is 5.01. The molecule has 0 bridgehead atoms. The highest BCUT2D eigenvalue weighted by atomic mass is 16.7. The van der Waals surface area contributed by atoms with E-state index in [-0.39, 0.29) is 13.0 Å². The van der Waals surface area contributed by atoms with Gasteiger partial charge in [0.1, 0.15) is 54.9 Å². The van der Waals surface area contributed by atoms with E-state index >= 15 is 0 Å². The van der Waals surface area contributed by atoms with E-state index in [0.717, 1.165) is 0 Å². The van der Waals surface area contributed by atoms with Crippen LogP contribution in [-0.2, 0) is 18.9 Å². The number of aliphatic hydroxyl groups excluding tert-OH is 6. The molecular formula is C17H34N4O10.